The van der Waals surface area contributed by atoms with Gasteiger partial charge in [-0.2, -0.15) is 0 Å². The molecule has 1 N–H and O–H groups in total. The van der Waals surface area contributed by atoms with E-state index in [0.717, 1.165) is 16.7 Å². The van der Waals surface area contributed by atoms with Gasteiger partial charge in [-0.3, -0.25) is 4.79 Å². The predicted octanol–water partition coefficient (Wildman–Crippen LogP) is 6.68. The molecule has 0 aromatic heterocycles. The van der Waals surface area contributed by atoms with Crippen LogP contribution in [0, 0.1) is 6.92 Å². The quantitative estimate of drug-likeness (QED) is 0.253. The smallest absolute Gasteiger partial charge is 0.304 e. The van der Waals surface area contributed by atoms with E-state index in [1.165, 1.54) is 0 Å². The minimum Gasteiger partial charge on any atom is -0.497 e. The van der Waals surface area contributed by atoms with E-state index in [1.807, 2.05) is 74.5 Å². The van der Waals surface area contributed by atoms with Gasteiger partial charge in [0.25, 0.3) is 0 Å². The van der Waals surface area contributed by atoms with E-state index >= 15 is 0 Å². The molecule has 0 amide bonds. The number of aryl methyl sites for hydroxylation is 1. The van der Waals surface area contributed by atoms with Crippen molar-refractivity contribution in [3.63, 3.8) is 0 Å². The summed E-state index contributed by atoms with van der Waals surface area (Å²) in [6.07, 6.45) is -0.0667. The SMILES string of the molecule is COc1ccc(C(C)(CC(=O)O)c2ccc(Oc3ccc(S(=O)Oc4ccc(C)cc4)cc3)cc2)cc1. The molecule has 190 valence electrons. The Kier molecular flexibility index (Phi) is 7.94. The van der Waals surface area contributed by atoms with Crippen LogP contribution in [0.15, 0.2) is 102 Å². The zero-order valence-corrected chi connectivity index (χ0v) is 21.7. The third-order valence-electron chi connectivity index (χ3n) is 6.17. The van der Waals surface area contributed by atoms with E-state index in [2.05, 4.69) is 0 Å². The lowest BCUT2D eigenvalue weighted by atomic mass is 9.74. The van der Waals surface area contributed by atoms with Crippen molar-refractivity contribution in [2.24, 2.45) is 0 Å². The zero-order chi connectivity index (χ0) is 26.4. The Morgan fingerprint density at radius 1 is 0.757 bits per heavy atom. The number of aliphatic carboxylic acids is 1. The second-order valence-corrected chi connectivity index (χ2v) is 9.97. The molecule has 0 bridgehead atoms. The van der Waals surface area contributed by atoms with Gasteiger partial charge in [-0.1, -0.05) is 48.9 Å². The van der Waals surface area contributed by atoms with Gasteiger partial charge in [-0.05, 0) is 78.7 Å². The van der Waals surface area contributed by atoms with Crippen LogP contribution in [0.5, 0.6) is 23.0 Å². The van der Waals surface area contributed by atoms with E-state index in [4.69, 9.17) is 13.7 Å². The molecule has 37 heavy (non-hydrogen) atoms. The fourth-order valence-electron chi connectivity index (χ4n) is 4.01. The lowest BCUT2D eigenvalue weighted by Crippen LogP contribution is -2.27. The molecule has 0 fully saturated rings. The van der Waals surface area contributed by atoms with Crippen LogP contribution in [-0.2, 0) is 21.3 Å². The highest BCUT2D eigenvalue weighted by atomic mass is 32.2. The first-order valence-corrected chi connectivity index (χ1v) is 12.8. The van der Waals surface area contributed by atoms with Crippen LogP contribution in [0.2, 0.25) is 0 Å². The average Bonchev–Trinajstić information content (AvgIpc) is 2.90. The second-order valence-electron chi connectivity index (χ2n) is 8.86. The highest BCUT2D eigenvalue weighted by Gasteiger charge is 2.32. The molecule has 0 aliphatic carbocycles. The fourth-order valence-corrected chi connectivity index (χ4v) is 4.75. The number of rotatable bonds is 10. The molecule has 0 radical (unpaired) electrons. The fraction of sp³-hybridized carbons (Fsp3) is 0.167. The number of carboxylic acids is 1. The topological polar surface area (TPSA) is 82.1 Å². The van der Waals surface area contributed by atoms with E-state index < -0.39 is 22.5 Å². The minimum absolute atomic E-state index is 0.0667. The van der Waals surface area contributed by atoms with Crippen molar-refractivity contribution >= 4 is 17.0 Å². The molecule has 7 heteroatoms. The molecule has 4 aromatic rings. The van der Waals surface area contributed by atoms with E-state index in [9.17, 15) is 14.1 Å². The van der Waals surface area contributed by atoms with Crippen molar-refractivity contribution < 1.29 is 27.8 Å². The van der Waals surface area contributed by atoms with Gasteiger partial charge in [0.2, 0.25) is 11.1 Å². The van der Waals surface area contributed by atoms with Gasteiger partial charge in [0.05, 0.1) is 18.4 Å². The molecule has 0 aliphatic rings. The van der Waals surface area contributed by atoms with Gasteiger partial charge in [0, 0.05) is 5.41 Å². The van der Waals surface area contributed by atoms with Crippen molar-refractivity contribution in [2.75, 3.05) is 7.11 Å². The largest absolute Gasteiger partial charge is 0.497 e. The molecule has 0 spiro atoms. The summed E-state index contributed by atoms with van der Waals surface area (Å²) in [5.74, 6) is 1.53. The molecule has 6 nitrogen and oxygen atoms in total. The summed E-state index contributed by atoms with van der Waals surface area (Å²) in [5, 5.41) is 9.60. The van der Waals surface area contributed by atoms with E-state index in [0.29, 0.717) is 27.9 Å². The molecule has 4 rings (SSSR count). The molecular weight excluding hydrogens is 488 g/mol. The normalized spacial score (nSPS) is 13.3. The van der Waals surface area contributed by atoms with Gasteiger partial charge in [0.15, 0.2) is 0 Å². The van der Waals surface area contributed by atoms with Crippen LogP contribution >= 0.6 is 0 Å². The number of benzene rings is 4. The van der Waals surface area contributed by atoms with Crippen molar-refractivity contribution in [1.82, 2.24) is 0 Å². The number of methoxy groups -OCH3 is 1. The summed E-state index contributed by atoms with van der Waals surface area (Å²) in [4.78, 5) is 12.2. The Morgan fingerprint density at radius 2 is 1.22 bits per heavy atom. The predicted molar refractivity (Wildman–Crippen MR) is 143 cm³/mol. The van der Waals surface area contributed by atoms with Crippen LogP contribution in [0.25, 0.3) is 0 Å². The number of ether oxygens (including phenoxy) is 2. The molecule has 2 atom stereocenters. The van der Waals surface area contributed by atoms with Gasteiger partial charge in [-0.15, -0.1) is 0 Å². The van der Waals surface area contributed by atoms with Gasteiger partial charge in [0.1, 0.15) is 23.0 Å². The summed E-state index contributed by atoms with van der Waals surface area (Å²) in [5.41, 5.74) is 2.09. The van der Waals surface area contributed by atoms with Gasteiger partial charge < -0.3 is 18.8 Å². The molecular formula is C30H28O6S. The standard InChI is InChI=1S/C30H28O6S/c1-21-4-10-27(11-5-21)36-37(33)28-18-16-26(17-19-28)35-25-14-8-23(9-15-25)30(2,20-29(31)32)22-6-12-24(34-3)13-7-22/h4-19H,20H2,1-3H3,(H,31,32). The number of hydrogen-bond acceptors (Lipinski definition) is 5. The van der Waals surface area contributed by atoms with Crippen LogP contribution in [0.4, 0.5) is 0 Å². The average molecular weight is 517 g/mol. The highest BCUT2D eigenvalue weighted by Crippen LogP contribution is 2.37. The Morgan fingerprint density at radius 3 is 1.70 bits per heavy atom. The maximum absolute atomic E-state index is 12.5. The number of hydrogen-bond donors (Lipinski definition) is 1. The Bertz CT molecular complexity index is 1360. The summed E-state index contributed by atoms with van der Waals surface area (Å²) in [7, 11) is 1.59. The lowest BCUT2D eigenvalue weighted by molar-refractivity contribution is -0.138. The number of carbonyl (C=O) groups is 1. The summed E-state index contributed by atoms with van der Waals surface area (Å²) in [6, 6.07) is 29.0. The second kappa shape index (κ2) is 11.3. The maximum Gasteiger partial charge on any atom is 0.304 e. The molecule has 0 heterocycles. The first-order valence-electron chi connectivity index (χ1n) is 11.7. The molecule has 0 saturated heterocycles. The van der Waals surface area contributed by atoms with Crippen LogP contribution in [0.1, 0.15) is 30.0 Å². The van der Waals surface area contributed by atoms with Gasteiger partial charge >= 0.3 is 5.97 Å². The van der Waals surface area contributed by atoms with Crippen molar-refractivity contribution in [1.29, 1.82) is 0 Å². The third-order valence-corrected chi connectivity index (χ3v) is 7.17. The Labute approximate surface area is 219 Å². The van der Waals surface area contributed by atoms with Crippen molar-refractivity contribution in [2.45, 2.75) is 30.6 Å². The van der Waals surface area contributed by atoms with E-state index in [-0.39, 0.29) is 6.42 Å². The number of carboxylic acid groups (broad SMARTS) is 1. The minimum atomic E-state index is -1.65. The Hall–Kier alpha value is -4.10. The molecule has 0 aliphatic heterocycles. The molecule has 0 saturated carbocycles. The maximum atomic E-state index is 12.5. The Balaban J connectivity index is 1.47. The third kappa shape index (κ3) is 6.37. The molecule has 4 aromatic carbocycles. The van der Waals surface area contributed by atoms with Crippen molar-refractivity contribution in [3.05, 3.63) is 114 Å². The summed E-state index contributed by atoms with van der Waals surface area (Å²) in [6.45, 7) is 3.89. The highest BCUT2D eigenvalue weighted by molar-refractivity contribution is 7.80. The van der Waals surface area contributed by atoms with E-state index in [1.54, 1.807) is 43.5 Å². The molecule has 2 unspecified atom stereocenters. The monoisotopic (exact) mass is 516 g/mol. The van der Waals surface area contributed by atoms with Gasteiger partial charge in [-0.25, -0.2) is 4.21 Å². The van der Waals surface area contributed by atoms with Crippen LogP contribution in [-0.4, -0.2) is 22.4 Å². The summed E-state index contributed by atoms with van der Waals surface area (Å²) >= 11 is -1.65. The zero-order valence-electron chi connectivity index (χ0n) is 20.8. The lowest BCUT2D eigenvalue weighted by Gasteiger charge is -2.29. The first-order chi connectivity index (χ1) is 17.8. The first kappa shape index (κ1) is 26.0. The van der Waals surface area contributed by atoms with Crippen LogP contribution < -0.4 is 13.7 Å². The summed E-state index contributed by atoms with van der Waals surface area (Å²) < 4.78 is 29.2. The van der Waals surface area contributed by atoms with Crippen molar-refractivity contribution in [3.8, 4) is 23.0 Å². The van der Waals surface area contributed by atoms with Crippen LogP contribution in [0.3, 0.4) is 0 Å².